The lowest BCUT2D eigenvalue weighted by Gasteiger charge is -2.26. The Morgan fingerprint density at radius 2 is 1.82 bits per heavy atom. The number of ether oxygens (including phenoxy) is 2. The van der Waals surface area contributed by atoms with Crippen LogP contribution in [0.4, 0.5) is 5.69 Å². The molecule has 1 N–H and O–H groups in total. The lowest BCUT2D eigenvalue weighted by Crippen LogP contribution is -2.40. The first-order valence-corrected chi connectivity index (χ1v) is 12.3. The van der Waals surface area contributed by atoms with Crippen LogP contribution in [-0.2, 0) is 16.4 Å². The van der Waals surface area contributed by atoms with Crippen molar-refractivity contribution in [3.05, 3.63) is 82.9 Å². The molecule has 1 amide bonds. The van der Waals surface area contributed by atoms with Gasteiger partial charge in [0.25, 0.3) is 15.9 Å². The van der Waals surface area contributed by atoms with Crippen molar-refractivity contribution in [3.8, 4) is 11.5 Å². The van der Waals surface area contributed by atoms with E-state index >= 15 is 0 Å². The van der Waals surface area contributed by atoms with Gasteiger partial charge < -0.3 is 14.8 Å². The molecule has 5 rings (SSSR count). The summed E-state index contributed by atoms with van der Waals surface area (Å²) in [6.07, 6.45) is 0.264. The van der Waals surface area contributed by atoms with Gasteiger partial charge in [0.05, 0.1) is 17.3 Å². The number of fused-ring (bicyclic) bond motifs is 2. The van der Waals surface area contributed by atoms with Gasteiger partial charge in [-0.3, -0.25) is 9.10 Å². The van der Waals surface area contributed by atoms with Crippen molar-refractivity contribution in [2.24, 2.45) is 0 Å². The second kappa shape index (κ2) is 8.61. The lowest BCUT2D eigenvalue weighted by molar-refractivity contribution is 0.0789. The van der Waals surface area contributed by atoms with Gasteiger partial charge in [0.2, 0.25) is 0 Å². The van der Waals surface area contributed by atoms with Gasteiger partial charge in [0, 0.05) is 12.1 Å². The molecule has 1 unspecified atom stereocenters. The summed E-state index contributed by atoms with van der Waals surface area (Å²) in [5, 5.41) is 2.85. The van der Waals surface area contributed by atoms with Gasteiger partial charge in [-0.1, -0.05) is 41.9 Å². The molecule has 3 aromatic carbocycles. The first-order valence-electron chi connectivity index (χ1n) is 10.5. The van der Waals surface area contributed by atoms with E-state index in [9.17, 15) is 13.2 Å². The average Bonchev–Trinajstić information content (AvgIpc) is 3.28. The maximum Gasteiger partial charge on any atom is 0.265 e. The summed E-state index contributed by atoms with van der Waals surface area (Å²) in [6.45, 7) is 0.832. The Bertz CT molecular complexity index is 1330. The minimum absolute atomic E-state index is 0.0663. The molecule has 7 nitrogen and oxygen atoms in total. The molecule has 0 aliphatic carbocycles. The minimum Gasteiger partial charge on any atom is -0.486 e. The Morgan fingerprint density at radius 1 is 1.06 bits per heavy atom. The fourth-order valence-electron chi connectivity index (χ4n) is 3.99. The third-order valence-electron chi connectivity index (χ3n) is 5.66. The number of halogens is 1. The molecule has 0 spiro atoms. The molecule has 0 saturated carbocycles. The van der Waals surface area contributed by atoms with Crippen LogP contribution in [0.2, 0.25) is 5.02 Å². The third kappa shape index (κ3) is 4.12. The molecule has 0 bridgehead atoms. The predicted octanol–water partition coefficient (Wildman–Crippen LogP) is 3.66. The van der Waals surface area contributed by atoms with Crippen molar-refractivity contribution < 1.29 is 22.7 Å². The lowest BCUT2D eigenvalue weighted by atomic mass is 10.2. The smallest absolute Gasteiger partial charge is 0.265 e. The number of amides is 1. The highest BCUT2D eigenvalue weighted by molar-refractivity contribution is 7.93. The van der Waals surface area contributed by atoms with E-state index in [1.54, 1.807) is 18.2 Å². The summed E-state index contributed by atoms with van der Waals surface area (Å²) in [5.74, 6) is 0.859. The number of sulfonamides is 1. The van der Waals surface area contributed by atoms with Crippen molar-refractivity contribution in [1.82, 2.24) is 5.32 Å². The standard InChI is InChI=1S/C24H21ClN2O5S/c25-19-10-9-17(24(28)26-14-18-15-31-21-7-3-4-8-22(21)32-18)13-23(19)33(29,30)27-12-11-16-5-1-2-6-20(16)27/h1-10,13,18H,11-12,14-15H2,(H,26,28). The fraction of sp³-hybridized carbons (Fsp3) is 0.208. The van der Waals surface area contributed by atoms with E-state index in [4.69, 9.17) is 21.1 Å². The van der Waals surface area contributed by atoms with E-state index in [0.29, 0.717) is 36.8 Å². The normalized spacial score (nSPS) is 16.9. The highest BCUT2D eigenvalue weighted by Crippen LogP contribution is 2.35. The van der Waals surface area contributed by atoms with Gasteiger partial charge in [0.1, 0.15) is 17.6 Å². The molecule has 0 fully saturated rings. The molecule has 3 aromatic rings. The summed E-state index contributed by atoms with van der Waals surface area (Å²) in [5.41, 5.74) is 1.79. The Labute approximate surface area is 196 Å². The van der Waals surface area contributed by atoms with Crippen LogP contribution >= 0.6 is 11.6 Å². The first-order chi connectivity index (χ1) is 15.9. The van der Waals surface area contributed by atoms with Crippen molar-refractivity contribution in [1.29, 1.82) is 0 Å². The second-order valence-corrected chi connectivity index (χ2v) is 10.0. The van der Waals surface area contributed by atoms with Crippen molar-refractivity contribution in [2.45, 2.75) is 17.4 Å². The quantitative estimate of drug-likeness (QED) is 0.597. The maximum absolute atomic E-state index is 13.4. The van der Waals surface area contributed by atoms with Gasteiger partial charge in [-0.2, -0.15) is 0 Å². The summed E-state index contributed by atoms with van der Waals surface area (Å²) < 4.78 is 39.6. The van der Waals surface area contributed by atoms with Gasteiger partial charge in [0.15, 0.2) is 11.5 Å². The number of anilines is 1. The number of para-hydroxylation sites is 3. The van der Waals surface area contributed by atoms with E-state index in [1.165, 1.54) is 22.5 Å². The number of nitrogens with one attached hydrogen (secondary N) is 1. The molecule has 0 radical (unpaired) electrons. The average molecular weight is 485 g/mol. The molecule has 9 heteroatoms. The number of hydrogen-bond donors (Lipinski definition) is 1. The first kappa shape index (κ1) is 21.6. The van der Waals surface area contributed by atoms with Gasteiger partial charge in [-0.15, -0.1) is 0 Å². The second-order valence-electron chi connectivity index (χ2n) is 7.81. The number of benzene rings is 3. The Kier molecular flexibility index (Phi) is 5.64. The predicted molar refractivity (Wildman–Crippen MR) is 125 cm³/mol. The Morgan fingerprint density at radius 3 is 2.67 bits per heavy atom. The Balaban J connectivity index is 1.32. The topological polar surface area (TPSA) is 84.9 Å². The van der Waals surface area contributed by atoms with Crippen LogP contribution in [-0.4, -0.2) is 40.1 Å². The van der Waals surface area contributed by atoms with Crippen LogP contribution in [0.5, 0.6) is 11.5 Å². The fourth-order valence-corrected chi connectivity index (χ4v) is 6.00. The molecule has 0 aromatic heterocycles. The molecule has 2 aliphatic rings. The zero-order valence-electron chi connectivity index (χ0n) is 17.5. The zero-order valence-corrected chi connectivity index (χ0v) is 19.1. The van der Waals surface area contributed by atoms with Gasteiger partial charge >= 0.3 is 0 Å². The molecule has 33 heavy (non-hydrogen) atoms. The molecule has 2 heterocycles. The summed E-state index contributed by atoms with van der Waals surface area (Å²) in [7, 11) is -3.93. The van der Waals surface area contributed by atoms with E-state index in [0.717, 1.165) is 5.56 Å². The van der Waals surface area contributed by atoms with Crippen LogP contribution in [0.1, 0.15) is 15.9 Å². The highest BCUT2D eigenvalue weighted by atomic mass is 35.5. The van der Waals surface area contributed by atoms with Gasteiger partial charge in [-0.05, 0) is 48.4 Å². The number of hydrogen-bond acceptors (Lipinski definition) is 5. The maximum atomic E-state index is 13.4. The molecular weight excluding hydrogens is 464 g/mol. The van der Waals surface area contributed by atoms with Crippen molar-refractivity contribution in [3.63, 3.8) is 0 Å². The van der Waals surface area contributed by atoms with E-state index in [2.05, 4.69) is 5.32 Å². The van der Waals surface area contributed by atoms with Crippen LogP contribution in [0.15, 0.2) is 71.6 Å². The molecule has 0 saturated heterocycles. The number of carbonyl (C=O) groups is 1. The molecular formula is C24H21ClN2O5S. The third-order valence-corrected chi connectivity index (χ3v) is 7.96. The van der Waals surface area contributed by atoms with Crippen LogP contribution in [0.3, 0.4) is 0 Å². The highest BCUT2D eigenvalue weighted by Gasteiger charge is 2.32. The summed E-state index contributed by atoms with van der Waals surface area (Å²) in [6, 6.07) is 18.9. The zero-order chi connectivity index (χ0) is 23.0. The summed E-state index contributed by atoms with van der Waals surface area (Å²) in [4.78, 5) is 12.7. The van der Waals surface area contributed by atoms with E-state index in [1.807, 2.05) is 30.3 Å². The van der Waals surface area contributed by atoms with E-state index in [-0.39, 0.29) is 28.1 Å². The largest absolute Gasteiger partial charge is 0.486 e. The van der Waals surface area contributed by atoms with Gasteiger partial charge in [-0.25, -0.2) is 8.42 Å². The minimum atomic E-state index is -3.93. The number of rotatable bonds is 5. The number of carbonyl (C=O) groups excluding carboxylic acids is 1. The monoisotopic (exact) mass is 484 g/mol. The summed E-state index contributed by atoms with van der Waals surface area (Å²) >= 11 is 6.26. The van der Waals surface area contributed by atoms with Crippen LogP contribution in [0.25, 0.3) is 0 Å². The van der Waals surface area contributed by atoms with E-state index < -0.39 is 15.9 Å². The Hall–Kier alpha value is -3.23. The van der Waals surface area contributed by atoms with Crippen molar-refractivity contribution in [2.75, 3.05) is 24.0 Å². The van der Waals surface area contributed by atoms with Crippen molar-refractivity contribution >= 4 is 33.2 Å². The molecule has 2 aliphatic heterocycles. The van der Waals surface area contributed by atoms with Crippen LogP contribution < -0.4 is 19.1 Å². The molecule has 170 valence electrons. The number of nitrogens with zero attached hydrogens (tertiary/aromatic N) is 1. The molecule has 1 atom stereocenters. The SMILES string of the molecule is O=C(NCC1COc2ccccc2O1)c1ccc(Cl)c(S(=O)(=O)N2CCc3ccccc32)c1. The van der Waals surface area contributed by atoms with Crippen LogP contribution in [0, 0.1) is 0 Å².